The van der Waals surface area contributed by atoms with Gasteiger partial charge in [-0.25, -0.2) is 0 Å². The topological polar surface area (TPSA) is 36.4 Å². The highest BCUT2D eigenvalue weighted by molar-refractivity contribution is 8.03. The third-order valence-corrected chi connectivity index (χ3v) is 4.29. The highest BCUT2D eigenvalue weighted by atomic mass is 32.2. The van der Waals surface area contributed by atoms with Crippen LogP contribution in [0.25, 0.3) is 0 Å². The lowest BCUT2D eigenvalue weighted by Crippen LogP contribution is -2.25. The Morgan fingerprint density at radius 3 is 3.06 bits per heavy atom. The lowest BCUT2D eigenvalue weighted by atomic mass is 10.1. The van der Waals surface area contributed by atoms with Crippen molar-refractivity contribution in [3.63, 3.8) is 0 Å². The monoisotopic (exact) mass is 257 g/mol. The third-order valence-electron chi connectivity index (χ3n) is 3.12. The van der Waals surface area contributed by atoms with Gasteiger partial charge in [0, 0.05) is 35.3 Å². The molecule has 1 aromatic carbocycles. The van der Waals surface area contributed by atoms with Gasteiger partial charge in [0.15, 0.2) is 0 Å². The number of fused-ring (bicyclic) bond motifs is 2. The number of hydrogen-bond donors (Lipinski definition) is 2. The van der Waals surface area contributed by atoms with Gasteiger partial charge in [-0.15, -0.1) is 0 Å². The van der Waals surface area contributed by atoms with Crippen LogP contribution >= 0.6 is 11.8 Å². The summed E-state index contributed by atoms with van der Waals surface area (Å²) in [6.07, 6.45) is 6.38. The highest BCUT2D eigenvalue weighted by Gasteiger charge is 2.23. The molecular formula is C14H15N3S. The molecule has 4 heteroatoms. The van der Waals surface area contributed by atoms with Crippen molar-refractivity contribution >= 4 is 28.8 Å². The zero-order valence-electron chi connectivity index (χ0n) is 10.4. The maximum Gasteiger partial charge on any atom is 0.0765 e. The first-order chi connectivity index (χ1) is 8.80. The molecule has 1 heterocycles. The van der Waals surface area contributed by atoms with E-state index in [4.69, 9.17) is 0 Å². The van der Waals surface area contributed by atoms with Gasteiger partial charge in [-0.2, -0.15) is 0 Å². The van der Waals surface area contributed by atoms with Gasteiger partial charge < -0.3 is 10.6 Å². The molecule has 92 valence electrons. The van der Waals surface area contributed by atoms with E-state index in [2.05, 4.69) is 52.1 Å². The first-order valence-electron chi connectivity index (χ1n) is 5.93. The number of allylic oxidation sites excluding steroid dienone is 2. The van der Waals surface area contributed by atoms with E-state index in [0.29, 0.717) is 0 Å². The summed E-state index contributed by atoms with van der Waals surface area (Å²) in [5.41, 5.74) is 3.37. The summed E-state index contributed by atoms with van der Waals surface area (Å²) in [7, 11) is 3.76. The first-order valence-corrected chi connectivity index (χ1v) is 6.74. The molecule has 1 aliphatic carbocycles. The van der Waals surface area contributed by atoms with Crippen LogP contribution in [0.3, 0.4) is 0 Å². The van der Waals surface area contributed by atoms with Crippen LogP contribution in [0.4, 0.5) is 11.4 Å². The summed E-state index contributed by atoms with van der Waals surface area (Å²) in [6, 6.07) is 6.67. The summed E-state index contributed by atoms with van der Waals surface area (Å²) in [6.45, 7) is 0. The van der Waals surface area contributed by atoms with E-state index in [1.807, 2.05) is 25.9 Å². The number of hydrogen-bond acceptors (Lipinski definition) is 4. The fourth-order valence-corrected chi connectivity index (χ4v) is 3.22. The van der Waals surface area contributed by atoms with E-state index in [0.717, 1.165) is 11.4 Å². The molecule has 1 aromatic rings. The number of nitrogens with zero attached hydrogens (tertiary/aromatic N) is 1. The number of benzene rings is 1. The van der Waals surface area contributed by atoms with Crippen LogP contribution in [0.1, 0.15) is 0 Å². The number of thioether (sulfide) groups is 1. The van der Waals surface area contributed by atoms with Gasteiger partial charge in [-0.1, -0.05) is 17.8 Å². The Balaban J connectivity index is 1.98. The number of nitrogens with one attached hydrogen (secondary N) is 2. The summed E-state index contributed by atoms with van der Waals surface area (Å²) in [5, 5.41) is 6.71. The highest BCUT2D eigenvalue weighted by Crippen LogP contribution is 2.42. The van der Waals surface area contributed by atoms with Crippen LogP contribution in [0.2, 0.25) is 0 Å². The van der Waals surface area contributed by atoms with Crippen LogP contribution in [0, 0.1) is 0 Å². The van der Waals surface area contributed by atoms with E-state index in [1.165, 1.54) is 15.5 Å². The van der Waals surface area contributed by atoms with Gasteiger partial charge in [-0.05, 0) is 30.4 Å². The average molecular weight is 257 g/mol. The number of anilines is 2. The zero-order valence-corrected chi connectivity index (χ0v) is 11.2. The second-order valence-corrected chi connectivity index (χ2v) is 5.35. The second-order valence-electron chi connectivity index (χ2n) is 4.24. The molecule has 0 spiro atoms. The van der Waals surface area contributed by atoms with E-state index in [-0.39, 0.29) is 6.04 Å². The molecule has 2 N–H and O–H groups in total. The summed E-state index contributed by atoms with van der Waals surface area (Å²) in [4.78, 5) is 6.79. The van der Waals surface area contributed by atoms with E-state index in [1.54, 1.807) is 0 Å². The van der Waals surface area contributed by atoms with Crippen molar-refractivity contribution in [2.75, 3.05) is 24.7 Å². The van der Waals surface area contributed by atoms with Crippen molar-refractivity contribution < 1.29 is 0 Å². The zero-order chi connectivity index (χ0) is 12.5. The van der Waals surface area contributed by atoms with E-state index in [9.17, 15) is 0 Å². The predicted molar refractivity (Wildman–Crippen MR) is 79.8 cm³/mol. The molecule has 2 aliphatic rings. The molecule has 18 heavy (non-hydrogen) atoms. The minimum absolute atomic E-state index is 0.286. The van der Waals surface area contributed by atoms with Crippen molar-refractivity contribution in [2.45, 2.75) is 10.9 Å². The van der Waals surface area contributed by atoms with Gasteiger partial charge >= 0.3 is 0 Å². The smallest absolute Gasteiger partial charge is 0.0765 e. The molecule has 0 saturated heterocycles. The third kappa shape index (κ3) is 1.93. The Labute approximate surface area is 111 Å². The maximum absolute atomic E-state index is 4.23. The Morgan fingerprint density at radius 1 is 1.39 bits per heavy atom. The van der Waals surface area contributed by atoms with Gasteiger partial charge in [0.2, 0.25) is 0 Å². The van der Waals surface area contributed by atoms with Crippen molar-refractivity contribution in [1.82, 2.24) is 0 Å². The summed E-state index contributed by atoms with van der Waals surface area (Å²) >= 11 is 1.82. The molecular weight excluding hydrogens is 242 g/mol. The quantitative estimate of drug-likeness (QED) is 0.811. The van der Waals surface area contributed by atoms with Crippen molar-refractivity contribution in [3.05, 3.63) is 41.3 Å². The lowest BCUT2D eigenvalue weighted by molar-refractivity contribution is 1.05. The molecule has 0 amide bonds. The van der Waals surface area contributed by atoms with Gasteiger partial charge in [0.05, 0.1) is 11.8 Å². The molecule has 0 saturated carbocycles. The van der Waals surface area contributed by atoms with Crippen molar-refractivity contribution in [2.24, 2.45) is 4.99 Å². The van der Waals surface area contributed by atoms with Crippen LogP contribution < -0.4 is 10.6 Å². The molecule has 3 rings (SSSR count). The molecule has 1 atom stereocenters. The first kappa shape index (κ1) is 11.4. The minimum atomic E-state index is 0.286. The standard InChI is InChI=1S/C14H15N3S/c1-15-9-3-5-11-13(7-9)18-14-8-10(16-2)4-6-12(14)17-11/h3-8,11,16-17H,1-2H3. The largest absolute Gasteiger partial charge is 0.388 e. The lowest BCUT2D eigenvalue weighted by Gasteiger charge is -2.29. The fraction of sp³-hybridized carbons (Fsp3) is 0.214. The van der Waals surface area contributed by atoms with Crippen molar-refractivity contribution in [1.29, 1.82) is 0 Å². The second kappa shape index (κ2) is 4.53. The molecule has 3 nitrogen and oxygen atoms in total. The molecule has 1 unspecified atom stereocenters. The van der Waals surface area contributed by atoms with Gasteiger partial charge in [0.25, 0.3) is 0 Å². The van der Waals surface area contributed by atoms with Crippen LogP contribution in [-0.2, 0) is 0 Å². The van der Waals surface area contributed by atoms with Crippen LogP contribution in [0.15, 0.2) is 51.2 Å². The van der Waals surface area contributed by atoms with Crippen LogP contribution in [-0.4, -0.2) is 25.8 Å². The number of aliphatic imine (C=N–C) groups is 1. The summed E-state index contributed by atoms with van der Waals surface area (Å²) < 4.78 is 0. The Bertz CT molecular complexity index is 572. The normalized spacial score (nSPS) is 22.9. The van der Waals surface area contributed by atoms with Crippen LogP contribution in [0.5, 0.6) is 0 Å². The Kier molecular flexibility index (Phi) is 2.88. The van der Waals surface area contributed by atoms with Crippen molar-refractivity contribution in [3.8, 4) is 0 Å². The van der Waals surface area contributed by atoms with Gasteiger partial charge in [-0.3, -0.25) is 4.99 Å². The predicted octanol–water partition coefficient (Wildman–Crippen LogP) is 3.14. The SMILES string of the molecule is CN=C1C=CC2Nc3ccc(NC)cc3SC2=C1. The molecule has 0 bridgehead atoms. The summed E-state index contributed by atoms with van der Waals surface area (Å²) in [5.74, 6) is 0. The molecule has 0 aromatic heterocycles. The molecule has 0 radical (unpaired) electrons. The fourth-order valence-electron chi connectivity index (χ4n) is 2.10. The number of rotatable bonds is 1. The minimum Gasteiger partial charge on any atom is -0.388 e. The van der Waals surface area contributed by atoms with E-state index >= 15 is 0 Å². The maximum atomic E-state index is 4.23. The Morgan fingerprint density at radius 2 is 2.28 bits per heavy atom. The van der Waals surface area contributed by atoms with Gasteiger partial charge in [0.1, 0.15) is 0 Å². The average Bonchev–Trinajstić information content (AvgIpc) is 2.43. The van der Waals surface area contributed by atoms with E-state index < -0.39 is 0 Å². The Hall–Kier alpha value is -1.68. The molecule has 0 fully saturated rings. The molecule has 1 aliphatic heterocycles.